The Morgan fingerprint density at radius 3 is 2.58 bits per heavy atom. The molecule has 1 saturated heterocycles. The van der Waals surface area contributed by atoms with Crippen LogP contribution in [0.15, 0.2) is 47.4 Å². The molecule has 31 heavy (non-hydrogen) atoms. The van der Waals surface area contributed by atoms with Gasteiger partial charge < -0.3 is 9.80 Å². The summed E-state index contributed by atoms with van der Waals surface area (Å²) in [4.78, 5) is 37.2. The van der Waals surface area contributed by atoms with E-state index in [1.807, 2.05) is 19.0 Å². The first kappa shape index (κ1) is 20.6. The van der Waals surface area contributed by atoms with Crippen molar-refractivity contribution in [2.45, 2.75) is 12.3 Å². The maximum atomic E-state index is 13.4. The summed E-state index contributed by atoms with van der Waals surface area (Å²) in [7, 11) is 5.25. The van der Waals surface area contributed by atoms with E-state index in [0.29, 0.717) is 19.0 Å². The molecule has 1 aromatic carbocycles. The number of hydrogen-bond donors (Lipinski definition) is 0. The number of amides is 1. The summed E-state index contributed by atoms with van der Waals surface area (Å²) in [5, 5.41) is 4.07. The van der Waals surface area contributed by atoms with Crippen molar-refractivity contribution in [3.05, 3.63) is 70.2 Å². The molecule has 2 aromatic heterocycles. The highest BCUT2D eigenvalue weighted by Gasteiger charge is 2.31. The molecule has 0 spiro atoms. The number of likely N-dealkylation sites (tertiary alicyclic amines) is 1. The Hall–Kier alpha value is -3.62. The zero-order valence-corrected chi connectivity index (χ0v) is 17.6. The second-order valence-electron chi connectivity index (χ2n) is 7.79. The minimum Gasteiger partial charge on any atom is -0.347 e. The molecule has 1 aliphatic rings. The van der Waals surface area contributed by atoms with Gasteiger partial charge in [-0.15, -0.1) is 0 Å². The molecule has 0 bridgehead atoms. The van der Waals surface area contributed by atoms with Crippen LogP contribution in [-0.2, 0) is 7.05 Å². The number of halogens is 1. The van der Waals surface area contributed by atoms with Crippen molar-refractivity contribution in [2.75, 3.05) is 32.1 Å². The second-order valence-corrected chi connectivity index (χ2v) is 7.79. The molecule has 1 atom stereocenters. The van der Waals surface area contributed by atoms with Gasteiger partial charge in [-0.1, -0.05) is 12.1 Å². The summed E-state index contributed by atoms with van der Waals surface area (Å²) in [5.41, 5.74) is 2.44. The van der Waals surface area contributed by atoms with Crippen molar-refractivity contribution in [3.63, 3.8) is 0 Å². The molecule has 1 fully saturated rings. The lowest BCUT2D eigenvalue weighted by molar-refractivity contribution is 0.0782. The van der Waals surface area contributed by atoms with E-state index in [2.05, 4.69) is 10.1 Å². The van der Waals surface area contributed by atoms with Crippen LogP contribution < -0.4 is 10.5 Å². The van der Waals surface area contributed by atoms with E-state index in [4.69, 9.17) is 4.98 Å². The second kappa shape index (κ2) is 8.25. The number of nitrogens with zero attached hydrogens (tertiary/aromatic N) is 6. The van der Waals surface area contributed by atoms with Crippen LogP contribution in [0.4, 0.5) is 10.3 Å². The predicted octanol–water partition coefficient (Wildman–Crippen LogP) is 2.07. The van der Waals surface area contributed by atoms with Gasteiger partial charge in [-0.2, -0.15) is 5.10 Å². The van der Waals surface area contributed by atoms with Gasteiger partial charge in [0.15, 0.2) is 0 Å². The average Bonchev–Trinajstić information content (AvgIpc) is 3.25. The van der Waals surface area contributed by atoms with E-state index in [-0.39, 0.29) is 28.9 Å². The minimum absolute atomic E-state index is 0.00163. The molecular weight excluding hydrogens is 399 g/mol. The Morgan fingerprint density at radius 2 is 1.90 bits per heavy atom. The van der Waals surface area contributed by atoms with Gasteiger partial charge in [-0.3, -0.25) is 9.59 Å². The Morgan fingerprint density at radius 1 is 1.16 bits per heavy atom. The zero-order chi connectivity index (χ0) is 22.1. The quantitative estimate of drug-likeness (QED) is 0.640. The molecule has 0 saturated carbocycles. The topological polar surface area (TPSA) is 84.2 Å². The third-order valence-corrected chi connectivity index (χ3v) is 5.40. The molecule has 0 radical (unpaired) electrons. The molecule has 9 heteroatoms. The molecule has 0 unspecified atom stereocenters. The van der Waals surface area contributed by atoms with Gasteiger partial charge in [-0.25, -0.2) is 19.0 Å². The summed E-state index contributed by atoms with van der Waals surface area (Å²) >= 11 is 0. The van der Waals surface area contributed by atoms with Crippen molar-refractivity contribution in [1.29, 1.82) is 0 Å². The molecule has 160 valence electrons. The molecule has 3 aromatic rings. The first-order valence-electron chi connectivity index (χ1n) is 9.97. The number of anilines is 1. The lowest BCUT2D eigenvalue weighted by Gasteiger charge is -2.19. The molecule has 1 aliphatic heterocycles. The van der Waals surface area contributed by atoms with Crippen LogP contribution in [0, 0.1) is 5.82 Å². The van der Waals surface area contributed by atoms with Crippen molar-refractivity contribution < 1.29 is 9.18 Å². The Balaban J connectivity index is 1.65. The summed E-state index contributed by atoms with van der Waals surface area (Å²) in [5.74, 6) is 0.0467. The van der Waals surface area contributed by atoms with Crippen LogP contribution in [0.1, 0.15) is 28.5 Å². The van der Waals surface area contributed by atoms with E-state index in [1.165, 1.54) is 31.3 Å². The standard InChI is InChI=1S/C22H23FN6O2/c1-27(2)22-24-12-17(14-4-6-16(23)7-5-14)20(25-22)15-10-11-29(13-15)21(31)18-8-9-19(30)28(3)26-18/h4-9,12,15H,10-11,13H2,1-3H3/t15-/m1/s1. The molecule has 4 rings (SSSR count). The summed E-state index contributed by atoms with van der Waals surface area (Å²) < 4.78 is 14.6. The highest BCUT2D eigenvalue weighted by molar-refractivity contribution is 5.92. The Kier molecular flexibility index (Phi) is 5.50. The van der Waals surface area contributed by atoms with Gasteiger partial charge in [0.2, 0.25) is 5.95 Å². The molecule has 1 amide bonds. The SMILES string of the molecule is CN(C)c1ncc(-c2ccc(F)cc2)c([C@@H]2CCN(C(=O)c3ccc(=O)n(C)n3)C2)n1. The van der Waals surface area contributed by atoms with Gasteiger partial charge in [0.25, 0.3) is 11.5 Å². The van der Waals surface area contributed by atoms with Crippen LogP contribution in [0.25, 0.3) is 11.1 Å². The van der Waals surface area contributed by atoms with Crippen LogP contribution in [-0.4, -0.2) is 57.7 Å². The van der Waals surface area contributed by atoms with Gasteiger partial charge in [0.1, 0.15) is 11.5 Å². The maximum Gasteiger partial charge on any atom is 0.274 e. The van der Waals surface area contributed by atoms with Gasteiger partial charge in [-0.05, 0) is 30.2 Å². The van der Waals surface area contributed by atoms with E-state index < -0.39 is 0 Å². The highest BCUT2D eigenvalue weighted by Crippen LogP contribution is 2.34. The highest BCUT2D eigenvalue weighted by atomic mass is 19.1. The summed E-state index contributed by atoms with van der Waals surface area (Å²) in [6.07, 6.45) is 2.49. The third kappa shape index (κ3) is 4.16. The van der Waals surface area contributed by atoms with E-state index in [1.54, 1.807) is 23.2 Å². The smallest absolute Gasteiger partial charge is 0.274 e. The Labute approximate surface area is 179 Å². The van der Waals surface area contributed by atoms with Crippen molar-refractivity contribution in [1.82, 2.24) is 24.6 Å². The van der Waals surface area contributed by atoms with Crippen LogP contribution in [0.3, 0.4) is 0 Å². The fourth-order valence-corrected chi connectivity index (χ4v) is 3.71. The number of benzene rings is 1. The number of carbonyl (C=O) groups excluding carboxylic acids is 1. The number of hydrogen-bond acceptors (Lipinski definition) is 6. The fraction of sp³-hybridized carbons (Fsp3) is 0.318. The third-order valence-electron chi connectivity index (χ3n) is 5.40. The predicted molar refractivity (Wildman–Crippen MR) is 114 cm³/mol. The average molecular weight is 422 g/mol. The number of rotatable bonds is 4. The van der Waals surface area contributed by atoms with Gasteiger partial charge in [0, 0.05) is 58.0 Å². The number of aromatic nitrogens is 4. The molecular formula is C22H23FN6O2. The van der Waals surface area contributed by atoms with Crippen LogP contribution >= 0.6 is 0 Å². The van der Waals surface area contributed by atoms with Gasteiger partial charge in [0.05, 0.1) is 5.69 Å². The summed E-state index contributed by atoms with van der Waals surface area (Å²) in [6.45, 7) is 1.03. The zero-order valence-electron chi connectivity index (χ0n) is 17.6. The largest absolute Gasteiger partial charge is 0.347 e. The van der Waals surface area contributed by atoms with E-state index >= 15 is 0 Å². The number of aryl methyl sites for hydroxylation is 1. The minimum atomic E-state index is -0.307. The number of carbonyl (C=O) groups is 1. The van der Waals surface area contributed by atoms with Crippen molar-refractivity contribution >= 4 is 11.9 Å². The maximum absolute atomic E-state index is 13.4. The van der Waals surface area contributed by atoms with E-state index in [9.17, 15) is 14.0 Å². The molecule has 8 nitrogen and oxygen atoms in total. The van der Waals surface area contributed by atoms with Gasteiger partial charge >= 0.3 is 0 Å². The fourth-order valence-electron chi connectivity index (χ4n) is 3.71. The van der Waals surface area contributed by atoms with Crippen molar-refractivity contribution in [2.24, 2.45) is 7.05 Å². The molecule has 3 heterocycles. The van der Waals surface area contributed by atoms with Crippen LogP contribution in [0.5, 0.6) is 0 Å². The first-order valence-corrected chi connectivity index (χ1v) is 9.97. The monoisotopic (exact) mass is 422 g/mol. The van der Waals surface area contributed by atoms with Crippen molar-refractivity contribution in [3.8, 4) is 11.1 Å². The Bertz CT molecular complexity index is 1180. The first-order chi connectivity index (χ1) is 14.8. The lowest BCUT2D eigenvalue weighted by atomic mass is 9.96. The normalized spacial score (nSPS) is 15.9. The van der Waals surface area contributed by atoms with E-state index in [0.717, 1.165) is 27.9 Å². The summed E-state index contributed by atoms with van der Waals surface area (Å²) in [6, 6.07) is 9.03. The molecule has 0 aliphatic carbocycles. The lowest BCUT2D eigenvalue weighted by Crippen LogP contribution is -2.31. The molecule has 0 N–H and O–H groups in total. The van der Waals surface area contributed by atoms with Crippen LogP contribution in [0.2, 0.25) is 0 Å².